The smallest absolute Gasteiger partial charge is 0.326 e. The fraction of sp³-hybridized carbons (Fsp3) is 0.619. The number of carbonyl (C=O) groups is 2. The second-order valence-electron chi connectivity index (χ2n) is 8.94. The molecule has 2 aromatic rings. The Balaban J connectivity index is 1.94. The Bertz CT molecular complexity index is 1030. The Morgan fingerprint density at radius 3 is 2.57 bits per heavy atom. The molecule has 2 aromatic heterocycles. The number of esters is 1. The van der Waals surface area contributed by atoms with E-state index in [0.29, 0.717) is 40.3 Å². The van der Waals surface area contributed by atoms with Crippen molar-refractivity contribution in [3.8, 4) is 0 Å². The fourth-order valence-corrected chi connectivity index (χ4v) is 4.68. The van der Waals surface area contributed by atoms with E-state index >= 15 is 0 Å². The molecule has 0 aromatic carbocycles. The van der Waals surface area contributed by atoms with E-state index < -0.39 is 11.6 Å². The van der Waals surface area contributed by atoms with Crippen molar-refractivity contribution in [2.45, 2.75) is 52.7 Å². The highest BCUT2D eigenvalue weighted by molar-refractivity contribution is 7.20. The molecule has 0 saturated carbocycles. The Hall–Kier alpha value is -2.26. The van der Waals surface area contributed by atoms with Crippen molar-refractivity contribution in [1.82, 2.24) is 19.4 Å². The number of fused-ring (bicyclic) bond motifs is 2. The number of aryl methyl sites for hydroxylation is 2. The number of hydrogen-bond acceptors (Lipinski definition) is 7. The Morgan fingerprint density at radius 1 is 1.23 bits per heavy atom. The van der Waals surface area contributed by atoms with Gasteiger partial charge in [-0.2, -0.15) is 0 Å². The van der Waals surface area contributed by atoms with E-state index in [-0.39, 0.29) is 18.0 Å². The van der Waals surface area contributed by atoms with Crippen molar-refractivity contribution < 1.29 is 14.3 Å². The lowest BCUT2D eigenvalue weighted by Crippen LogP contribution is -2.42. The molecule has 164 valence electrons. The van der Waals surface area contributed by atoms with Gasteiger partial charge in [-0.15, -0.1) is 11.3 Å². The van der Waals surface area contributed by atoms with E-state index in [9.17, 15) is 14.4 Å². The number of likely N-dealkylation sites (N-methyl/N-ethyl adjacent to an activating group) is 1. The van der Waals surface area contributed by atoms with Gasteiger partial charge in [0.25, 0.3) is 11.5 Å². The molecule has 0 fully saturated rings. The van der Waals surface area contributed by atoms with Gasteiger partial charge in [-0.25, -0.2) is 4.98 Å². The predicted octanol–water partition coefficient (Wildman–Crippen LogP) is 2.06. The second kappa shape index (κ2) is 8.47. The summed E-state index contributed by atoms with van der Waals surface area (Å²) < 4.78 is 7.12. The zero-order chi connectivity index (χ0) is 22.2. The van der Waals surface area contributed by atoms with Gasteiger partial charge in [0.05, 0.1) is 10.3 Å². The van der Waals surface area contributed by atoms with E-state index in [1.54, 1.807) is 32.3 Å². The number of rotatable bonds is 6. The summed E-state index contributed by atoms with van der Waals surface area (Å²) in [5.74, 6) is 0.0595. The third-order valence-electron chi connectivity index (χ3n) is 4.95. The largest absolute Gasteiger partial charge is 0.459 e. The molecule has 0 spiro atoms. The summed E-state index contributed by atoms with van der Waals surface area (Å²) in [6, 6.07) is 0. The highest BCUT2D eigenvalue weighted by Crippen LogP contribution is 2.29. The molecule has 1 aliphatic heterocycles. The number of thiophene rings is 1. The van der Waals surface area contributed by atoms with Gasteiger partial charge in [0.15, 0.2) is 0 Å². The SMILES string of the molecule is Cc1c(C(=O)N(CCN(C)C)CC(=O)OC(C)(C)C)sc2nc3n(c(=O)c12)CCC3. The lowest BCUT2D eigenvalue weighted by molar-refractivity contribution is -0.155. The van der Waals surface area contributed by atoms with E-state index in [4.69, 9.17) is 4.74 Å². The van der Waals surface area contributed by atoms with Gasteiger partial charge in [0, 0.05) is 26.1 Å². The minimum absolute atomic E-state index is 0.0766. The zero-order valence-corrected chi connectivity index (χ0v) is 19.4. The van der Waals surface area contributed by atoms with Crippen LogP contribution in [0.5, 0.6) is 0 Å². The predicted molar refractivity (Wildman–Crippen MR) is 117 cm³/mol. The maximum absolute atomic E-state index is 13.4. The average molecular weight is 435 g/mol. The topological polar surface area (TPSA) is 84.7 Å². The highest BCUT2D eigenvalue weighted by atomic mass is 32.1. The van der Waals surface area contributed by atoms with Crippen molar-refractivity contribution in [3.63, 3.8) is 0 Å². The first-order valence-electron chi connectivity index (χ1n) is 10.2. The minimum Gasteiger partial charge on any atom is -0.459 e. The molecule has 0 bridgehead atoms. The fourth-order valence-electron chi connectivity index (χ4n) is 3.53. The monoisotopic (exact) mass is 434 g/mol. The molecule has 30 heavy (non-hydrogen) atoms. The summed E-state index contributed by atoms with van der Waals surface area (Å²) in [6.07, 6.45) is 1.69. The van der Waals surface area contributed by atoms with Crippen molar-refractivity contribution in [3.05, 3.63) is 26.6 Å². The summed E-state index contributed by atoms with van der Waals surface area (Å²) in [5.41, 5.74) is -0.0638. The summed E-state index contributed by atoms with van der Waals surface area (Å²) in [5, 5.41) is 0.513. The van der Waals surface area contributed by atoms with Crippen LogP contribution in [-0.2, 0) is 22.5 Å². The molecule has 3 rings (SSSR count). The Kier molecular flexibility index (Phi) is 6.33. The molecule has 0 atom stereocenters. The van der Waals surface area contributed by atoms with Gasteiger partial charge in [0.2, 0.25) is 0 Å². The first-order chi connectivity index (χ1) is 14.0. The van der Waals surface area contributed by atoms with Crippen LogP contribution in [0.15, 0.2) is 4.79 Å². The van der Waals surface area contributed by atoms with Crippen molar-refractivity contribution >= 4 is 33.4 Å². The third kappa shape index (κ3) is 4.73. The molecule has 3 heterocycles. The van der Waals surface area contributed by atoms with Crippen LogP contribution in [0.25, 0.3) is 10.2 Å². The maximum atomic E-state index is 13.4. The summed E-state index contributed by atoms with van der Waals surface area (Å²) >= 11 is 1.23. The molecule has 0 aliphatic carbocycles. The third-order valence-corrected chi connectivity index (χ3v) is 6.12. The number of nitrogens with zero attached hydrogens (tertiary/aromatic N) is 4. The molecule has 0 radical (unpaired) electrons. The molecule has 0 unspecified atom stereocenters. The van der Waals surface area contributed by atoms with E-state index in [0.717, 1.165) is 18.7 Å². The van der Waals surface area contributed by atoms with Gasteiger partial charge in [0.1, 0.15) is 22.8 Å². The van der Waals surface area contributed by atoms with Crippen LogP contribution in [0, 0.1) is 6.92 Å². The summed E-state index contributed by atoms with van der Waals surface area (Å²) in [6.45, 7) is 8.69. The minimum atomic E-state index is -0.625. The zero-order valence-electron chi connectivity index (χ0n) is 18.6. The molecule has 9 heteroatoms. The highest BCUT2D eigenvalue weighted by Gasteiger charge is 2.28. The number of amides is 1. The first kappa shape index (κ1) is 22.4. The van der Waals surface area contributed by atoms with Crippen LogP contribution in [0.2, 0.25) is 0 Å². The van der Waals surface area contributed by atoms with Gasteiger partial charge in [-0.05, 0) is 53.8 Å². The normalized spacial score (nSPS) is 13.7. The van der Waals surface area contributed by atoms with E-state index in [2.05, 4.69) is 4.98 Å². The number of ether oxygens (including phenoxy) is 1. The van der Waals surface area contributed by atoms with Crippen LogP contribution in [-0.4, -0.2) is 70.6 Å². The van der Waals surface area contributed by atoms with Crippen molar-refractivity contribution in [2.75, 3.05) is 33.7 Å². The standard InChI is InChI=1S/C21H30N4O4S/c1-13-16-18(22-14-8-7-9-25(14)19(16)27)30-17(13)20(28)24(11-10-23(5)6)12-15(26)29-21(2,3)4/h7-12H2,1-6H3. The summed E-state index contributed by atoms with van der Waals surface area (Å²) in [7, 11) is 3.82. The van der Waals surface area contributed by atoms with Crippen LogP contribution in [0.1, 0.15) is 48.3 Å². The van der Waals surface area contributed by atoms with Crippen molar-refractivity contribution in [2.24, 2.45) is 0 Å². The van der Waals surface area contributed by atoms with Crippen LogP contribution < -0.4 is 5.56 Å². The molecule has 0 saturated heterocycles. The lowest BCUT2D eigenvalue weighted by Gasteiger charge is -2.26. The van der Waals surface area contributed by atoms with E-state index in [1.165, 1.54) is 16.2 Å². The number of aromatic nitrogens is 2. The van der Waals surface area contributed by atoms with Crippen LogP contribution in [0.4, 0.5) is 0 Å². The van der Waals surface area contributed by atoms with Crippen LogP contribution in [0.3, 0.4) is 0 Å². The van der Waals surface area contributed by atoms with Crippen LogP contribution >= 0.6 is 11.3 Å². The molecular formula is C21H30N4O4S. The van der Waals surface area contributed by atoms with Gasteiger partial charge < -0.3 is 14.5 Å². The lowest BCUT2D eigenvalue weighted by atomic mass is 10.2. The number of hydrogen-bond donors (Lipinski definition) is 0. The van der Waals surface area contributed by atoms with Gasteiger partial charge in [-0.1, -0.05) is 0 Å². The number of carbonyl (C=O) groups excluding carboxylic acids is 2. The molecular weight excluding hydrogens is 404 g/mol. The second-order valence-corrected chi connectivity index (χ2v) is 9.94. The summed E-state index contributed by atoms with van der Waals surface area (Å²) in [4.78, 5) is 47.8. The van der Waals surface area contributed by atoms with Gasteiger partial charge in [-0.3, -0.25) is 19.0 Å². The maximum Gasteiger partial charge on any atom is 0.326 e. The Morgan fingerprint density at radius 2 is 1.93 bits per heavy atom. The van der Waals surface area contributed by atoms with Gasteiger partial charge >= 0.3 is 5.97 Å². The molecule has 1 aliphatic rings. The molecule has 1 amide bonds. The Labute approximate surface area is 180 Å². The van der Waals surface area contributed by atoms with Crippen molar-refractivity contribution in [1.29, 1.82) is 0 Å². The molecule has 8 nitrogen and oxygen atoms in total. The molecule has 0 N–H and O–H groups in total. The first-order valence-corrected chi connectivity index (χ1v) is 11.0. The quantitative estimate of drug-likeness (QED) is 0.647. The average Bonchev–Trinajstić information content (AvgIpc) is 3.21. The van der Waals surface area contributed by atoms with E-state index in [1.807, 2.05) is 19.0 Å².